The molecule has 0 radical (unpaired) electrons. The number of nitriles is 1. The fourth-order valence-electron chi connectivity index (χ4n) is 4.86. The van der Waals surface area contributed by atoms with Crippen molar-refractivity contribution in [2.24, 2.45) is 17.6 Å². The smallest absolute Gasteiger partial charge is 0.126 e. The van der Waals surface area contributed by atoms with Crippen molar-refractivity contribution >= 4 is 5.57 Å². The van der Waals surface area contributed by atoms with Crippen LogP contribution in [0.1, 0.15) is 53.7 Å². The Kier molecular flexibility index (Phi) is 8.07. The van der Waals surface area contributed by atoms with Gasteiger partial charge in [0, 0.05) is 24.5 Å². The van der Waals surface area contributed by atoms with Crippen molar-refractivity contribution in [3.05, 3.63) is 89.0 Å². The average Bonchev–Trinajstić information content (AvgIpc) is 3.07. The normalized spacial score (nSPS) is 18.0. The van der Waals surface area contributed by atoms with Crippen LogP contribution in [-0.4, -0.2) is 29.7 Å². The van der Waals surface area contributed by atoms with Crippen LogP contribution >= 0.6 is 0 Å². The van der Waals surface area contributed by atoms with E-state index in [1.807, 2.05) is 25.1 Å². The van der Waals surface area contributed by atoms with Crippen molar-refractivity contribution in [2.75, 3.05) is 19.8 Å². The van der Waals surface area contributed by atoms with Crippen LogP contribution in [0.25, 0.3) is 16.7 Å². The predicted molar refractivity (Wildman–Crippen MR) is 141 cm³/mol. The highest BCUT2D eigenvalue weighted by Gasteiger charge is 2.22. The van der Waals surface area contributed by atoms with Gasteiger partial charge in [-0.2, -0.15) is 5.26 Å². The first-order chi connectivity index (χ1) is 17.0. The molecule has 4 rings (SSSR count). The summed E-state index contributed by atoms with van der Waals surface area (Å²) in [4.78, 5) is 9.49. The Morgan fingerprint density at radius 2 is 1.89 bits per heavy atom. The Morgan fingerprint density at radius 3 is 2.63 bits per heavy atom. The Balaban J connectivity index is 1.68. The van der Waals surface area contributed by atoms with Crippen molar-refractivity contribution in [3.63, 3.8) is 0 Å². The molecule has 1 fully saturated rings. The quantitative estimate of drug-likeness (QED) is 0.498. The molecule has 0 spiro atoms. The van der Waals surface area contributed by atoms with E-state index in [9.17, 15) is 5.26 Å². The first kappa shape index (κ1) is 24.8. The zero-order valence-electron chi connectivity index (χ0n) is 20.8. The van der Waals surface area contributed by atoms with Crippen LogP contribution in [0.3, 0.4) is 0 Å². The highest BCUT2D eigenvalue weighted by Crippen LogP contribution is 2.33. The predicted octanol–water partition coefficient (Wildman–Crippen LogP) is 5.49. The van der Waals surface area contributed by atoms with Crippen LogP contribution in [0.4, 0.5) is 0 Å². The third kappa shape index (κ3) is 6.03. The van der Waals surface area contributed by atoms with Crippen LogP contribution < -0.4 is 5.73 Å². The van der Waals surface area contributed by atoms with E-state index < -0.39 is 0 Å². The van der Waals surface area contributed by atoms with Crippen molar-refractivity contribution < 1.29 is 4.74 Å². The van der Waals surface area contributed by atoms with E-state index in [2.05, 4.69) is 49.9 Å². The van der Waals surface area contributed by atoms with E-state index >= 15 is 0 Å². The lowest BCUT2D eigenvalue weighted by molar-refractivity contribution is 0.140. The van der Waals surface area contributed by atoms with Crippen LogP contribution in [-0.2, 0) is 17.6 Å². The molecule has 0 bridgehead atoms. The molecule has 1 aromatic heterocycles. The molecule has 35 heavy (non-hydrogen) atoms. The summed E-state index contributed by atoms with van der Waals surface area (Å²) in [6, 6.07) is 18.5. The molecule has 180 valence electrons. The van der Waals surface area contributed by atoms with Crippen molar-refractivity contribution in [1.82, 2.24) is 9.97 Å². The van der Waals surface area contributed by atoms with Crippen molar-refractivity contribution in [1.29, 1.82) is 5.26 Å². The molecule has 1 aliphatic heterocycles. The zero-order valence-corrected chi connectivity index (χ0v) is 20.8. The third-order valence-corrected chi connectivity index (χ3v) is 7.00. The van der Waals surface area contributed by atoms with Gasteiger partial charge in [-0.25, -0.2) is 9.97 Å². The lowest BCUT2D eigenvalue weighted by Gasteiger charge is -2.21. The lowest BCUT2D eigenvalue weighted by atomic mass is 9.85. The van der Waals surface area contributed by atoms with Crippen molar-refractivity contribution in [2.45, 2.75) is 39.5 Å². The number of rotatable bonds is 7. The largest absolute Gasteiger partial charge is 0.381 e. The topological polar surface area (TPSA) is 84.8 Å². The first-order valence-corrected chi connectivity index (χ1v) is 12.4. The summed E-state index contributed by atoms with van der Waals surface area (Å²) in [6.07, 6.45) is 3.89. The number of nitrogens with two attached hydrogens (primary N) is 1. The zero-order chi connectivity index (χ0) is 24.8. The molecule has 3 aromatic rings. The fraction of sp³-hybridized carbons (Fsp3) is 0.367. The number of aryl methyl sites for hydroxylation is 1. The number of ether oxygens (including phenoxy) is 1. The van der Waals surface area contributed by atoms with Gasteiger partial charge in [0.05, 0.1) is 17.3 Å². The molecule has 5 heteroatoms. The minimum Gasteiger partial charge on any atom is -0.381 e. The minimum absolute atomic E-state index is 0.539. The van der Waals surface area contributed by atoms with E-state index in [0.29, 0.717) is 23.9 Å². The highest BCUT2D eigenvalue weighted by molar-refractivity contribution is 5.87. The Bertz CT molecular complexity index is 1230. The molecular weight excluding hydrogens is 432 g/mol. The number of hydrogen-bond donors (Lipinski definition) is 1. The van der Waals surface area contributed by atoms with Gasteiger partial charge in [-0.05, 0) is 91.4 Å². The lowest BCUT2D eigenvalue weighted by Crippen LogP contribution is -2.16. The second-order valence-corrected chi connectivity index (χ2v) is 9.51. The van der Waals surface area contributed by atoms with Crippen LogP contribution in [0, 0.1) is 30.1 Å². The maximum atomic E-state index is 9.56. The molecule has 5 nitrogen and oxygen atoms in total. The number of benzene rings is 2. The van der Waals surface area contributed by atoms with Gasteiger partial charge in [0.15, 0.2) is 0 Å². The Morgan fingerprint density at radius 1 is 1.11 bits per heavy atom. The molecule has 2 N–H and O–H groups in total. The second kappa shape index (κ2) is 11.4. The second-order valence-electron chi connectivity index (χ2n) is 9.51. The monoisotopic (exact) mass is 466 g/mol. The SMILES string of the molecule is C=C(c1cc(CC2CCOCCC2C)nc(C)n1)c1cc(C#N)ccc1-c1ccc(CCN)cc1. The van der Waals surface area contributed by atoms with Gasteiger partial charge in [0.1, 0.15) is 5.82 Å². The first-order valence-electron chi connectivity index (χ1n) is 12.4. The minimum atomic E-state index is 0.539. The van der Waals surface area contributed by atoms with Gasteiger partial charge in [-0.1, -0.05) is 43.8 Å². The van der Waals surface area contributed by atoms with Gasteiger partial charge >= 0.3 is 0 Å². The summed E-state index contributed by atoms with van der Waals surface area (Å²) in [5, 5.41) is 9.56. The van der Waals surface area contributed by atoms with Gasteiger partial charge < -0.3 is 10.5 Å². The average molecular weight is 467 g/mol. The number of nitrogens with zero attached hydrogens (tertiary/aromatic N) is 3. The van der Waals surface area contributed by atoms with E-state index in [-0.39, 0.29) is 0 Å². The summed E-state index contributed by atoms with van der Waals surface area (Å²) < 4.78 is 5.69. The third-order valence-electron chi connectivity index (χ3n) is 7.00. The van der Waals surface area contributed by atoms with Gasteiger partial charge in [0.2, 0.25) is 0 Å². The standard InChI is InChI=1S/C30H34N4O/c1-20-11-14-35-15-12-26(20)17-27-18-30(34-22(3)33-27)21(2)29-16-24(19-32)6-9-28(29)25-7-4-23(5-8-25)10-13-31/h4-9,16,18,20,26H,2,10-15,17,31H2,1,3H3. The maximum absolute atomic E-state index is 9.56. The summed E-state index contributed by atoms with van der Waals surface area (Å²) in [7, 11) is 0. The number of hydrogen-bond acceptors (Lipinski definition) is 5. The van der Waals surface area contributed by atoms with Crippen molar-refractivity contribution in [3.8, 4) is 17.2 Å². The molecule has 2 aromatic carbocycles. The summed E-state index contributed by atoms with van der Waals surface area (Å²) in [5.41, 5.74) is 13.2. The molecule has 1 saturated heterocycles. The van der Waals surface area contributed by atoms with Crippen LogP contribution in [0.2, 0.25) is 0 Å². The molecule has 2 heterocycles. The molecular formula is C30H34N4O. The molecule has 0 aliphatic carbocycles. The highest BCUT2D eigenvalue weighted by atomic mass is 16.5. The Hall–Kier alpha value is -3.33. The van der Waals surface area contributed by atoms with Gasteiger partial charge in [0.25, 0.3) is 0 Å². The van der Waals surface area contributed by atoms with Gasteiger partial charge in [-0.15, -0.1) is 0 Å². The molecule has 0 amide bonds. The van der Waals surface area contributed by atoms with Crippen LogP contribution in [0.15, 0.2) is 55.1 Å². The number of aromatic nitrogens is 2. The Labute approximate surface area is 208 Å². The fourth-order valence-corrected chi connectivity index (χ4v) is 4.86. The molecule has 0 saturated carbocycles. The van der Waals surface area contributed by atoms with Crippen LogP contribution in [0.5, 0.6) is 0 Å². The molecule has 1 aliphatic rings. The summed E-state index contributed by atoms with van der Waals surface area (Å²) >= 11 is 0. The van der Waals surface area contributed by atoms with Gasteiger partial charge in [-0.3, -0.25) is 0 Å². The molecule has 2 unspecified atom stereocenters. The molecule has 2 atom stereocenters. The van der Waals surface area contributed by atoms with E-state index in [4.69, 9.17) is 20.4 Å². The maximum Gasteiger partial charge on any atom is 0.126 e. The summed E-state index contributed by atoms with van der Waals surface area (Å²) in [6.45, 7) is 10.9. The summed E-state index contributed by atoms with van der Waals surface area (Å²) in [5.74, 6) is 1.87. The van der Waals surface area contributed by atoms with E-state index in [0.717, 1.165) is 78.4 Å². The van der Waals surface area contributed by atoms with E-state index in [1.54, 1.807) is 0 Å². The van der Waals surface area contributed by atoms with E-state index in [1.165, 1.54) is 5.56 Å².